The van der Waals surface area contributed by atoms with E-state index in [2.05, 4.69) is 34.2 Å². The van der Waals surface area contributed by atoms with Crippen LogP contribution in [0, 0.1) is 0 Å². The first-order valence-electron chi connectivity index (χ1n) is 11.1. The highest BCUT2D eigenvalue weighted by atomic mass is 16.2. The highest BCUT2D eigenvalue weighted by Gasteiger charge is 2.27. The average molecular weight is 404 g/mol. The first-order valence-corrected chi connectivity index (χ1v) is 11.1. The van der Waals surface area contributed by atoms with Crippen molar-refractivity contribution in [2.45, 2.75) is 51.5 Å². The highest BCUT2D eigenvalue weighted by Crippen LogP contribution is 2.21. The summed E-state index contributed by atoms with van der Waals surface area (Å²) in [5.41, 5.74) is 0.866. The van der Waals surface area contributed by atoms with Crippen LogP contribution in [-0.4, -0.2) is 83.8 Å². The number of nitrogens with one attached hydrogen (secondary N) is 1. The summed E-state index contributed by atoms with van der Waals surface area (Å²) in [4.78, 5) is 23.9. The lowest BCUT2D eigenvalue weighted by Crippen LogP contribution is -2.55. The molecule has 2 aliphatic rings. The van der Waals surface area contributed by atoms with Gasteiger partial charge in [0.1, 0.15) is 6.54 Å². The van der Waals surface area contributed by atoms with E-state index >= 15 is 0 Å². The molecule has 0 radical (unpaired) electrons. The van der Waals surface area contributed by atoms with Crippen molar-refractivity contribution in [2.24, 2.45) is 12.0 Å². The number of aliphatic imine (C=N–C) groups is 1. The molecular formula is C21H37N7O. The van der Waals surface area contributed by atoms with E-state index in [0.29, 0.717) is 13.1 Å². The molecule has 1 N–H and O–H groups in total. The van der Waals surface area contributed by atoms with Crippen molar-refractivity contribution in [1.82, 2.24) is 24.9 Å². The summed E-state index contributed by atoms with van der Waals surface area (Å²) in [7, 11) is 4.12. The molecule has 0 unspecified atom stereocenters. The van der Waals surface area contributed by atoms with Gasteiger partial charge in [0.05, 0.1) is 11.9 Å². The van der Waals surface area contributed by atoms with Gasteiger partial charge in [-0.2, -0.15) is 5.10 Å². The molecule has 1 aromatic rings. The fourth-order valence-electron chi connectivity index (χ4n) is 4.31. The van der Waals surface area contributed by atoms with Gasteiger partial charge in [-0.1, -0.05) is 19.3 Å². The Hall–Kier alpha value is -2.09. The Morgan fingerprint density at radius 1 is 1.31 bits per heavy atom. The van der Waals surface area contributed by atoms with Crippen LogP contribution >= 0.6 is 0 Å². The van der Waals surface area contributed by atoms with E-state index in [1.165, 1.54) is 32.1 Å². The zero-order chi connectivity index (χ0) is 20.6. The minimum atomic E-state index is 0.0897. The Morgan fingerprint density at radius 2 is 2.10 bits per heavy atom. The van der Waals surface area contributed by atoms with E-state index in [1.807, 2.05) is 18.1 Å². The van der Waals surface area contributed by atoms with Gasteiger partial charge in [0, 0.05) is 45.5 Å². The molecule has 0 aromatic carbocycles. The number of carbonyl (C=O) groups excluding carboxylic acids is 1. The zero-order valence-corrected chi connectivity index (χ0v) is 18.3. The molecule has 0 bridgehead atoms. The van der Waals surface area contributed by atoms with E-state index < -0.39 is 0 Å². The molecule has 1 saturated carbocycles. The molecule has 1 saturated heterocycles. The van der Waals surface area contributed by atoms with Crippen molar-refractivity contribution >= 4 is 17.6 Å². The maximum Gasteiger partial charge on any atom is 0.246 e. The molecule has 0 spiro atoms. The number of nitrogens with zero attached hydrogens (tertiary/aromatic N) is 6. The van der Waals surface area contributed by atoms with Crippen molar-refractivity contribution in [3.05, 3.63) is 12.4 Å². The lowest BCUT2D eigenvalue weighted by molar-refractivity contribution is -0.120. The number of hydrogen-bond acceptors (Lipinski definition) is 4. The molecule has 162 valence electrons. The van der Waals surface area contributed by atoms with Gasteiger partial charge in [-0.15, -0.1) is 0 Å². The number of guanidine groups is 1. The zero-order valence-electron chi connectivity index (χ0n) is 18.3. The summed E-state index contributed by atoms with van der Waals surface area (Å²) in [6.45, 7) is 6.52. The molecule has 1 aliphatic carbocycles. The van der Waals surface area contributed by atoms with E-state index in [4.69, 9.17) is 4.99 Å². The number of hydrogen-bond donors (Lipinski definition) is 1. The van der Waals surface area contributed by atoms with Crippen molar-refractivity contribution in [1.29, 1.82) is 0 Å². The smallest absolute Gasteiger partial charge is 0.246 e. The summed E-state index contributed by atoms with van der Waals surface area (Å²) in [5, 5.41) is 7.53. The molecule has 8 heteroatoms. The number of anilines is 1. The maximum atomic E-state index is 12.7. The van der Waals surface area contributed by atoms with Crippen LogP contribution in [0.4, 0.5) is 5.69 Å². The number of rotatable bonds is 7. The molecular weight excluding hydrogens is 366 g/mol. The molecule has 8 nitrogen and oxygen atoms in total. The van der Waals surface area contributed by atoms with Crippen molar-refractivity contribution < 1.29 is 4.79 Å². The van der Waals surface area contributed by atoms with Gasteiger partial charge in [-0.3, -0.25) is 14.5 Å². The Morgan fingerprint density at radius 3 is 2.76 bits per heavy atom. The number of aryl methyl sites for hydroxylation is 1. The van der Waals surface area contributed by atoms with E-state index in [9.17, 15) is 4.79 Å². The maximum absolute atomic E-state index is 12.7. The van der Waals surface area contributed by atoms with Gasteiger partial charge in [-0.25, -0.2) is 0 Å². The van der Waals surface area contributed by atoms with Crippen molar-refractivity contribution in [3.8, 4) is 0 Å². The molecule has 29 heavy (non-hydrogen) atoms. The second-order valence-corrected chi connectivity index (χ2v) is 8.20. The largest absolute Gasteiger partial charge is 0.357 e. The van der Waals surface area contributed by atoms with E-state index in [0.717, 1.165) is 50.3 Å². The lowest BCUT2D eigenvalue weighted by atomic mass is 9.94. The van der Waals surface area contributed by atoms with Gasteiger partial charge in [0.15, 0.2) is 5.96 Å². The van der Waals surface area contributed by atoms with Crippen LogP contribution in [0.5, 0.6) is 0 Å². The Bertz CT molecular complexity index is 680. The second-order valence-electron chi connectivity index (χ2n) is 8.20. The predicted octanol–water partition coefficient (Wildman–Crippen LogP) is 1.69. The fraction of sp³-hybridized carbons (Fsp3) is 0.762. The van der Waals surface area contributed by atoms with E-state index in [1.54, 1.807) is 10.9 Å². The molecule has 1 amide bonds. The average Bonchev–Trinajstić information content (AvgIpc) is 3.16. The second kappa shape index (κ2) is 10.6. The molecule has 3 rings (SSSR count). The summed E-state index contributed by atoms with van der Waals surface area (Å²) < 4.78 is 1.73. The standard InChI is InChI=1S/C21H37N7O/c1-4-22-21(23-11-8-12-25(2)18-9-6-5-7-10-18)27-13-14-28(20(29)17-27)19-15-24-26(3)16-19/h15-16,18H,4-14,17H2,1-3H3,(H,22,23). The van der Waals surface area contributed by atoms with Gasteiger partial charge in [0.2, 0.25) is 5.91 Å². The normalized spacial score (nSPS) is 19.3. The van der Waals surface area contributed by atoms with Gasteiger partial charge in [0.25, 0.3) is 0 Å². The summed E-state index contributed by atoms with van der Waals surface area (Å²) in [6.07, 6.45) is 11.5. The third-order valence-electron chi connectivity index (χ3n) is 5.99. The van der Waals surface area contributed by atoms with Crippen LogP contribution in [-0.2, 0) is 11.8 Å². The highest BCUT2D eigenvalue weighted by molar-refractivity contribution is 5.98. The minimum absolute atomic E-state index is 0.0897. The predicted molar refractivity (Wildman–Crippen MR) is 117 cm³/mol. The Kier molecular flexibility index (Phi) is 7.91. The molecule has 2 fully saturated rings. The Labute approximate surface area is 174 Å². The topological polar surface area (TPSA) is 69.0 Å². The van der Waals surface area contributed by atoms with Crippen molar-refractivity contribution in [3.63, 3.8) is 0 Å². The monoisotopic (exact) mass is 403 g/mol. The number of amides is 1. The molecule has 1 aromatic heterocycles. The number of carbonyl (C=O) groups is 1. The van der Waals surface area contributed by atoms with Crippen molar-refractivity contribution in [2.75, 3.05) is 51.2 Å². The lowest BCUT2D eigenvalue weighted by Gasteiger charge is -2.35. The van der Waals surface area contributed by atoms with Crippen LogP contribution in [0.15, 0.2) is 17.4 Å². The fourth-order valence-corrected chi connectivity index (χ4v) is 4.31. The van der Waals surface area contributed by atoms with Crippen LogP contribution in [0.2, 0.25) is 0 Å². The SMILES string of the molecule is CCNC(=NCCCN(C)C1CCCCC1)N1CCN(c2cnn(C)c2)C(=O)C1. The number of piperazine rings is 1. The molecule has 0 atom stereocenters. The third kappa shape index (κ3) is 5.95. The summed E-state index contributed by atoms with van der Waals surface area (Å²) in [6, 6.07) is 0.749. The third-order valence-corrected chi connectivity index (χ3v) is 5.99. The van der Waals surface area contributed by atoms with Crippen LogP contribution in [0.3, 0.4) is 0 Å². The Balaban J connectivity index is 1.49. The molecule has 1 aliphatic heterocycles. The first-order chi connectivity index (χ1) is 14.1. The molecule has 2 heterocycles. The van der Waals surface area contributed by atoms with Crippen LogP contribution in [0.25, 0.3) is 0 Å². The minimum Gasteiger partial charge on any atom is -0.357 e. The quantitative estimate of drug-likeness (QED) is 0.426. The van der Waals surface area contributed by atoms with Gasteiger partial charge >= 0.3 is 0 Å². The van der Waals surface area contributed by atoms with Gasteiger partial charge in [-0.05, 0) is 39.8 Å². The van der Waals surface area contributed by atoms with Crippen LogP contribution < -0.4 is 10.2 Å². The first kappa shape index (κ1) is 21.6. The number of aromatic nitrogens is 2. The summed E-state index contributed by atoms with van der Waals surface area (Å²) >= 11 is 0. The summed E-state index contributed by atoms with van der Waals surface area (Å²) in [5.74, 6) is 0.943. The van der Waals surface area contributed by atoms with E-state index in [-0.39, 0.29) is 5.91 Å². The van der Waals surface area contributed by atoms with Gasteiger partial charge < -0.3 is 20.0 Å². The van der Waals surface area contributed by atoms with Crippen LogP contribution in [0.1, 0.15) is 45.4 Å².